The van der Waals surface area contributed by atoms with Crippen LogP contribution >= 0.6 is 0 Å². The third kappa shape index (κ3) is 2.92. The van der Waals surface area contributed by atoms with Crippen molar-refractivity contribution in [2.45, 2.75) is 81.5 Å². The van der Waals surface area contributed by atoms with Gasteiger partial charge in [-0.05, 0) is 38.5 Å². The highest BCUT2D eigenvalue weighted by Gasteiger charge is 2.52. The molecule has 0 aromatic rings. The van der Waals surface area contributed by atoms with E-state index in [0.29, 0.717) is 12.1 Å². The van der Waals surface area contributed by atoms with Crippen LogP contribution in [-0.4, -0.2) is 64.9 Å². The highest BCUT2D eigenvalue weighted by Crippen LogP contribution is 2.35. The van der Waals surface area contributed by atoms with E-state index in [1.165, 1.54) is 17.7 Å². The molecule has 1 saturated carbocycles. The van der Waals surface area contributed by atoms with Crippen LogP contribution in [0, 0.1) is 0 Å². The van der Waals surface area contributed by atoms with Crippen molar-refractivity contribution in [3.63, 3.8) is 0 Å². The molecule has 4 rings (SSSR count). The van der Waals surface area contributed by atoms with Crippen molar-refractivity contribution in [3.8, 4) is 0 Å². The average Bonchev–Trinajstić information content (AvgIpc) is 3.26. The van der Waals surface area contributed by atoms with Crippen molar-refractivity contribution in [2.75, 3.05) is 13.6 Å². The highest BCUT2D eigenvalue weighted by atomic mass is 16.2. The molecule has 2 atom stereocenters. The lowest BCUT2D eigenvalue weighted by molar-refractivity contribution is -0.134. The summed E-state index contributed by atoms with van der Waals surface area (Å²) in [5.41, 5.74) is -0.680. The van der Waals surface area contributed by atoms with Crippen LogP contribution in [0.5, 0.6) is 0 Å². The van der Waals surface area contributed by atoms with Gasteiger partial charge in [-0.3, -0.25) is 14.5 Å². The molecule has 4 fully saturated rings. The number of hydrogen-bond donors (Lipinski definition) is 2. The van der Waals surface area contributed by atoms with Gasteiger partial charge >= 0.3 is 6.03 Å². The average molecular weight is 348 g/mol. The molecule has 138 valence electrons. The van der Waals surface area contributed by atoms with Crippen LogP contribution in [-0.2, 0) is 9.59 Å². The van der Waals surface area contributed by atoms with Gasteiger partial charge in [-0.25, -0.2) is 4.79 Å². The molecule has 7 heteroatoms. The van der Waals surface area contributed by atoms with E-state index in [1.54, 1.807) is 0 Å². The van der Waals surface area contributed by atoms with E-state index >= 15 is 0 Å². The lowest BCUT2D eigenvalue weighted by Gasteiger charge is -2.35. The Morgan fingerprint density at radius 3 is 2.48 bits per heavy atom. The van der Waals surface area contributed by atoms with Gasteiger partial charge in [0.2, 0.25) is 5.91 Å². The van der Waals surface area contributed by atoms with E-state index in [-0.39, 0.29) is 36.9 Å². The fourth-order valence-electron chi connectivity index (χ4n) is 5.13. The number of amides is 4. The van der Waals surface area contributed by atoms with Crippen molar-refractivity contribution in [1.82, 2.24) is 20.4 Å². The zero-order valence-electron chi connectivity index (χ0n) is 14.9. The normalized spacial score (nSPS) is 33.2. The van der Waals surface area contributed by atoms with Gasteiger partial charge < -0.3 is 15.5 Å². The van der Waals surface area contributed by atoms with E-state index in [9.17, 15) is 14.4 Å². The number of fused-ring (bicyclic) bond motifs is 2. The Kier molecular flexibility index (Phi) is 4.22. The molecule has 2 unspecified atom stereocenters. The topological polar surface area (TPSA) is 81.8 Å². The zero-order valence-corrected chi connectivity index (χ0v) is 14.9. The van der Waals surface area contributed by atoms with Gasteiger partial charge in [-0.2, -0.15) is 0 Å². The van der Waals surface area contributed by atoms with Crippen LogP contribution < -0.4 is 10.6 Å². The molecular weight excluding hydrogens is 320 g/mol. The quantitative estimate of drug-likeness (QED) is 0.742. The summed E-state index contributed by atoms with van der Waals surface area (Å²) in [7, 11) is 1.86. The van der Waals surface area contributed by atoms with E-state index in [4.69, 9.17) is 0 Å². The molecule has 4 aliphatic rings. The Labute approximate surface area is 148 Å². The maximum absolute atomic E-state index is 12.6. The molecular formula is C18H28N4O3. The predicted molar refractivity (Wildman–Crippen MR) is 91.8 cm³/mol. The van der Waals surface area contributed by atoms with E-state index in [0.717, 1.165) is 38.5 Å². The Morgan fingerprint density at radius 2 is 1.84 bits per heavy atom. The molecule has 3 aliphatic heterocycles. The summed E-state index contributed by atoms with van der Waals surface area (Å²) in [4.78, 5) is 40.5. The van der Waals surface area contributed by atoms with Gasteiger partial charge in [0, 0.05) is 38.1 Å². The van der Waals surface area contributed by atoms with E-state index in [2.05, 4.69) is 10.6 Å². The standard InChI is InChI=1S/C18H28N4O3/c1-21(14-10-12-4-5-13(11-14)19-12)15(23)6-9-22-16(24)18(20-17(22)25)7-2-3-8-18/h12-14,19H,2-11H2,1H3,(H,20,25). The Bertz CT molecular complexity index is 575. The molecule has 0 aromatic carbocycles. The number of carbonyl (C=O) groups excluding carboxylic acids is 3. The first-order valence-corrected chi connectivity index (χ1v) is 9.64. The fourth-order valence-corrected chi connectivity index (χ4v) is 5.13. The van der Waals surface area contributed by atoms with Crippen molar-refractivity contribution in [1.29, 1.82) is 0 Å². The third-order valence-corrected chi connectivity index (χ3v) is 6.64. The largest absolute Gasteiger partial charge is 0.343 e. The van der Waals surface area contributed by atoms with Crippen LogP contribution in [0.4, 0.5) is 4.79 Å². The SMILES string of the molecule is CN(C(=O)CCN1C(=O)NC2(CCCC2)C1=O)C1CC2CCC(C1)N2. The first-order valence-electron chi connectivity index (χ1n) is 9.64. The smallest absolute Gasteiger partial charge is 0.325 e. The van der Waals surface area contributed by atoms with Crippen LogP contribution in [0.2, 0.25) is 0 Å². The maximum Gasteiger partial charge on any atom is 0.325 e. The van der Waals surface area contributed by atoms with Gasteiger partial charge in [0.15, 0.2) is 0 Å². The van der Waals surface area contributed by atoms with Crippen molar-refractivity contribution < 1.29 is 14.4 Å². The summed E-state index contributed by atoms with van der Waals surface area (Å²) >= 11 is 0. The minimum atomic E-state index is -0.680. The Morgan fingerprint density at radius 1 is 1.20 bits per heavy atom. The monoisotopic (exact) mass is 348 g/mol. The molecule has 0 aromatic heterocycles. The second-order valence-corrected chi connectivity index (χ2v) is 8.19. The first kappa shape index (κ1) is 16.8. The summed E-state index contributed by atoms with van der Waals surface area (Å²) < 4.78 is 0. The van der Waals surface area contributed by atoms with Crippen LogP contribution in [0.3, 0.4) is 0 Å². The highest BCUT2D eigenvalue weighted by molar-refractivity contribution is 6.07. The first-order chi connectivity index (χ1) is 12.0. The molecule has 1 aliphatic carbocycles. The Balaban J connectivity index is 1.32. The summed E-state index contributed by atoms with van der Waals surface area (Å²) in [6.45, 7) is 0.188. The van der Waals surface area contributed by atoms with Gasteiger partial charge in [-0.15, -0.1) is 0 Å². The van der Waals surface area contributed by atoms with Gasteiger partial charge in [0.1, 0.15) is 5.54 Å². The molecule has 7 nitrogen and oxygen atoms in total. The minimum Gasteiger partial charge on any atom is -0.343 e. The molecule has 25 heavy (non-hydrogen) atoms. The minimum absolute atomic E-state index is 0.0271. The molecule has 3 saturated heterocycles. The number of urea groups is 1. The summed E-state index contributed by atoms with van der Waals surface area (Å²) in [5, 5.41) is 6.46. The molecule has 4 amide bonds. The number of rotatable bonds is 4. The summed E-state index contributed by atoms with van der Waals surface area (Å²) in [6, 6.07) is 1.01. The lowest BCUT2D eigenvalue weighted by atomic mass is 9.98. The second kappa shape index (κ2) is 6.27. The van der Waals surface area contributed by atoms with Gasteiger partial charge in [-0.1, -0.05) is 12.8 Å². The van der Waals surface area contributed by atoms with E-state index in [1.807, 2.05) is 11.9 Å². The lowest BCUT2D eigenvalue weighted by Crippen LogP contribution is -2.49. The number of nitrogens with zero attached hydrogens (tertiary/aromatic N) is 2. The fraction of sp³-hybridized carbons (Fsp3) is 0.833. The van der Waals surface area contributed by atoms with Crippen LogP contribution in [0.15, 0.2) is 0 Å². The maximum atomic E-state index is 12.6. The number of nitrogens with one attached hydrogen (secondary N) is 2. The predicted octanol–water partition coefficient (Wildman–Crippen LogP) is 0.983. The number of imide groups is 1. The van der Waals surface area contributed by atoms with Gasteiger partial charge in [0.25, 0.3) is 5.91 Å². The molecule has 0 radical (unpaired) electrons. The molecule has 3 heterocycles. The van der Waals surface area contributed by atoms with Crippen LogP contribution in [0.25, 0.3) is 0 Å². The Hall–Kier alpha value is -1.63. The van der Waals surface area contributed by atoms with Crippen molar-refractivity contribution in [3.05, 3.63) is 0 Å². The summed E-state index contributed by atoms with van der Waals surface area (Å²) in [6.07, 6.45) is 8.02. The second-order valence-electron chi connectivity index (χ2n) is 8.19. The number of carbonyl (C=O) groups is 3. The summed E-state index contributed by atoms with van der Waals surface area (Å²) in [5.74, 6) is -0.107. The molecule has 1 spiro atoms. The van der Waals surface area contributed by atoms with Crippen LogP contribution in [0.1, 0.15) is 57.8 Å². The van der Waals surface area contributed by atoms with Gasteiger partial charge in [0.05, 0.1) is 0 Å². The van der Waals surface area contributed by atoms with E-state index < -0.39 is 5.54 Å². The number of hydrogen-bond acceptors (Lipinski definition) is 4. The van der Waals surface area contributed by atoms with Crippen molar-refractivity contribution >= 4 is 17.8 Å². The number of piperidine rings is 1. The molecule has 2 bridgehead atoms. The zero-order chi connectivity index (χ0) is 17.6. The molecule has 2 N–H and O–H groups in total. The third-order valence-electron chi connectivity index (χ3n) is 6.64. The van der Waals surface area contributed by atoms with Crippen molar-refractivity contribution in [2.24, 2.45) is 0 Å².